The molecule has 5 rings (SSSR count). The Morgan fingerprint density at radius 2 is 1.89 bits per heavy atom. The van der Waals surface area contributed by atoms with Crippen molar-refractivity contribution in [2.75, 3.05) is 11.9 Å². The van der Waals surface area contributed by atoms with E-state index in [-0.39, 0.29) is 12.1 Å². The van der Waals surface area contributed by atoms with Gasteiger partial charge in [-0.3, -0.25) is 4.99 Å². The molecule has 36 heavy (non-hydrogen) atoms. The molecule has 0 radical (unpaired) electrons. The lowest BCUT2D eigenvalue weighted by atomic mass is 9.92. The van der Waals surface area contributed by atoms with Gasteiger partial charge in [0, 0.05) is 22.5 Å². The van der Waals surface area contributed by atoms with Crippen LogP contribution in [0.3, 0.4) is 0 Å². The first-order chi connectivity index (χ1) is 17.4. The van der Waals surface area contributed by atoms with Gasteiger partial charge in [-0.1, -0.05) is 23.7 Å². The van der Waals surface area contributed by atoms with Crippen LogP contribution in [-0.2, 0) is 6.54 Å². The van der Waals surface area contributed by atoms with Crippen LogP contribution in [0, 0.1) is 5.82 Å². The smallest absolute Gasteiger partial charge is 0.335 e. The highest BCUT2D eigenvalue weighted by Gasteiger charge is 2.25. The Bertz CT molecular complexity index is 1500. The predicted octanol–water partition coefficient (Wildman–Crippen LogP) is 6.73. The van der Waals surface area contributed by atoms with Gasteiger partial charge in [0.2, 0.25) is 0 Å². The van der Waals surface area contributed by atoms with E-state index >= 15 is 4.39 Å². The molecule has 0 saturated carbocycles. The lowest BCUT2D eigenvalue weighted by molar-refractivity contribution is 0.0697. The van der Waals surface area contributed by atoms with Gasteiger partial charge in [-0.2, -0.15) is 0 Å². The molecule has 2 heterocycles. The van der Waals surface area contributed by atoms with Gasteiger partial charge in [-0.15, -0.1) is 0 Å². The lowest BCUT2D eigenvalue weighted by Crippen LogP contribution is -2.10. The third kappa shape index (κ3) is 4.53. The summed E-state index contributed by atoms with van der Waals surface area (Å²) in [5, 5.41) is 12.8. The van der Waals surface area contributed by atoms with E-state index in [1.165, 1.54) is 18.2 Å². The topological polar surface area (TPSA) is 83.8 Å². The number of rotatable bonds is 6. The van der Waals surface area contributed by atoms with Crippen molar-refractivity contribution in [1.82, 2.24) is 4.98 Å². The molecule has 4 aromatic rings. The largest absolute Gasteiger partial charge is 0.493 e. The number of benzene rings is 3. The summed E-state index contributed by atoms with van der Waals surface area (Å²) in [6, 6.07) is 18.5. The second kappa shape index (κ2) is 9.79. The summed E-state index contributed by atoms with van der Waals surface area (Å²) in [7, 11) is 0. The van der Waals surface area contributed by atoms with E-state index in [0.717, 1.165) is 16.7 Å². The quantitative estimate of drug-likeness (QED) is 0.306. The van der Waals surface area contributed by atoms with Crippen molar-refractivity contribution in [3.63, 3.8) is 0 Å². The Morgan fingerprint density at radius 3 is 2.64 bits per heavy atom. The molecule has 0 bridgehead atoms. The number of hydrogen-bond donors (Lipinski definition) is 2. The zero-order valence-electron chi connectivity index (χ0n) is 19.3. The van der Waals surface area contributed by atoms with Gasteiger partial charge in [-0.25, -0.2) is 14.2 Å². The zero-order chi connectivity index (χ0) is 25.2. The molecule has 0 saturated heterocycles. The molecule has 0 unspecified atom stereocenters. The van der Waals surface area contributed by atoms with Crippen molar-refractivity contribution < 1.29 is 19.0 Å². The molecule has 8 heteroatoms. The van der Waals surface area contributed by atoms with Crippen LogP contribution in [0.15, 0.2) is 77.9 Å². The van der Waals surface area contributed by atoms with E-state index in [0.29, 0.717) is 45.7 Å². The van der Waals surface area contributed by atoms with E-state index in [1.807, 2.05) is 19.1 Å². The molecule has 0 amide bonds. The molecule has 3 aromatic carbocycles. The summed E-state index contributed by atoms with van der Waals surface area (Å²) in [6.07, 6.45) is 1.74. The van der Waals surface area contributed by atoms with Crippen molar-refractivity contribution in [3.05, 3.63) is 106 Å². The monoisotopic (exact) mass is 501 g/mol. The van der Waals surface area contributed by atoms with Gasteiger partial charge in [0.25, 0.3) is 0 Å². The number of aliphatic imine (C=N–C) groups is 1. The Balaban J connectivity index is 1.59. The number of nitrogens with one attached hydrogen (secondary N) is 1. The maximum absolute atomic E-state index is 15.1. The van der Waals surface area contributed by atoms with Crippen molar-refractivity contribution in [1.29, 1.82) is 0 Å². The molecule has 2 N–H and O–H groups in total. The maximum atomic E-state index is 15.1. The molecule has 6 nitrogen and oxygen atoms in total. The van der Waals surface area contributed by atoms with Crippen LogP contribution in [0.1, 0.15) is 34.0 Å². The van der Waals surface area contributed by atoms with Crippen LogP contribution in [-0.4, -0.2) is 28.4 Å². The highest BCUT2D eigenvalue weighted by atomic mass is 35.5. The zero-order valence-corrected chi connectivity index (χ0v) is 20.0. The normalized spacial score (nSPS) is 12.1. The van der Waals surface area contributed by atoms with Crippen LogP contribution in [0.5, 0.6) is 5.75 Å². The number of hydrogen-bond acceptors (Lipinski definition) is 5. The lowest BCUT2D eigenvalue weighted by Gasteiger charge is -2.16. The highest BCUT2D eigenvalue weighted by molar-refractivity contribution is 6.31. The van der Waals surface area contributed by atoms with Gasteiger partial charge in [0.05, 0.1) is 30.0 Å². The Hall–Kier alpha value is -4.23. The first-order valence-electron chi connectivity index (χ1n) is 11.3. The average Bonchev–Trinajstić information content (AvgIpc) is 3.01. The second-order valence-corrected chi connectivity index (χ2v) is 8.57. The second-order valence-electron chi connectivity index (χ2n) is 8.13. The van der Waals surface area contributed by atoms with Crippen molar-refractivity contribution in [2.45, 2.75) is 13.5 Å². The summed E-state index contributed by atoms with van der Waals surface area (Å²) in [6.45, 7) is 2.52. The molecular weight excluding hydrogens is 481 g/mol. The fourth-order valence-electron chi connectivity index (χ4n) is 4.19. The number of halogens is 2. The first kappa shape index (κ1) is 23.5. The van der Waals surface area contributed by atoms with Crippen molar-refractivity contribution >= 4 is 34.8 Å². The molecule has 1 aromatic heterocycles. The van der Waals surface area contributed by atoms with Gasteiger partial charge in [-0.05, 0) is 78.2 Å². The van der Waals surface area contributed by atoms with E-state index in [1.54, 1.807) is 42.6 Å². The number of aromatic carboxylic acids is 1. The predicted molar refractivity (Wildman–Crippen MR) is 138 cm³/mol. The maximum Gasteiger partial charge on any atom is 0.335 e. The van der Waals surface area contributed by atoms with Gasteiger partial charge < -0.3 is 15.2 Å². The summed E-state index contributed by atoms with van der Waals surface area (Å²) in [5.74, 6) is -0.430. The van der Waals surface area contributed by atoms with Gasteiger partial charge >= 0.3 is 5.97 Å². The van der Waals surface area contributed by atoms with Crippen LogP contribution in [0.2, 0.25) is 5.02 Å². The number of anilines is 2. The fraction of sp³-hybridized carbons (Fsp3) is 0.107. The molecule has 1 aliphatic heterocycles. The number of carboxylic acid groups (broad SMARTS) is 1. The number of ether oxygens (including phenoxy) is 1. The third-order valence-corrected chi connectivity index (χ3v) is 6.07. The fourth-order valence-corrected chi connectivity index (χ4v) is 4.37. The van der Waals surface area contributed by atoms with E-state index in [2.05, 4.69) is 10.3 Å². The highest BCUT2D eigenvalue weighted by Crippen LogP contribution is 2.37. The summed E-state index contributed by atoms with van der Waals surface area (Å²) < 4.78 is 20.9. The summed E-state index contributed by atoms with van der Waals surface area (Å²) in [5.41, 5.74) is 4.93. The number of pyridine rings is 1. The minimum absolute atomic E-state index is 0.200. The number of carboxylic acids is 1. The Morgan fingerprint density at radius 1 is 1.08 bits per heavy atom. The SMILES string of the molecule is CCOc1cccc(F)c1C1=NCc2cnc(Nc3ccc(C(=O)O)cc3)cc2-c2ccc(Cl)cc21. The number of aromatic nitrogens is 1. The van der Waals surface area contributed by atoms with Gasteiger partial charge in [0.15, 0.2) is 0 Å². The molecule has 0 fully saturated rings. The van der Waals surface area contributed by atoms with Crippen LogP contribution < -0.4 is 10.1 Å². The number of nitrogens with zero attached hydrogens (tertiary/aromatic N) is 2. The first-order valence-corrected chi connectivity index (χ1v) is 11.7. The molecule has 0 atom stereocenters. The number of fused-ring (bicyclic) bond motifs is 3. The van der Waals surface area contributed by atoms with Crippen molar-refractivity contribution in [2.24, 2.45) is 4.99 Å². The minimum Gasteiger partial charge on any atom is -0.493 e. The van der Waals surface area contributed by atoms with Crippen molar-refractivity contribution in [3.8, 4) is 16.9 Å². The van der Waals surface area contributed by atoms with E-state index in [4.69, 9.17) is 26.4 Å². The van der Waals surface area contributed by atoms with Crippen LogP contribution in [0.4, 0.5) is 15.9 Å². The van der Waals surface area contributed by atoms with Gasteiger partial charge in [0.1, 0.15) is 17.4 Å². The molecular formula is C28H21ClFN3O3. The number of carbonyl (C=O) groups is 1. The summed E-state index contributed by atoms with van der Waals surface area (Å²) >= 11 is 6.38. The molecule has 0 spiro atoms. The molecule has 0 aliphatic carbocycles. The van der Waals surface area contributed by atoms with Crippen LogP contribution >= 0.6 is 11.6 Å². The third-order valence-electron chi connectivity index (χ3n) is 5.84. The minimum atomic E-state index is -0.988. The standard InChI is InChI=1S/C28H21ClFN3O3/c1-2-36-24-5-3-4-23(30)26(24)27-22-12-18(29)8-11-20(22)21-13-25(31-14-17(21)15-32-27)33-19-9-6-16(7-10-19)28(34)35/h3-14H,2,15H2,1H3,(H,31,33)(H,34,35). The average molecular weight is 502 g/mol. The van der Waals surface area contributed by atoms with E-state index < -0.39 is 11.8 Å². The Kier molecular flexibility index (Phi) is 6.40. The molecule has 1 aliphatic rings. The Labute approximate surface area is 212 Å². The van der Waals surface area contributed by atoms with Crippen LogP contribution in [0.25, 0.3) is 11.1 Å². The van der Waals surface area contributed by atoms with E-state index in [9.17, 15) is 4.79 Å². The molecule has 180 valence electrons. The summed E-state index contributed by atoms with van der Waals surface area (Å²) in [4.78, 5) is 20.4.